The summed E-state index contributed by atoms with van der Waals surface area (Å²) in [4.78, 5) is 18.9. The van der Waals surface area contributed by atoms with E-state index in [1.54, 1.807) is 6.92 Å². The van der Waals surface area contributed by atoms with Gasteiger partial charge in [-0.2, -0.15) is 0 Å². The number of aromatic nitrogens is 3. The second-order valence-electron chi connectivity index (χ2n) is 4.09. The lowest BCUT2D eigenvalue weighted by atomic mass is 10.1. The molecule has 0 aliphatic heterocycles. The minimum absolute atomic E-state index is 0.0813. The molecule has 5 nitrogen and oxygen atoms in total. The maximum atomic E-state index is 11.9. The highest BCUT2D eigenvalue weighted by Crippen LogP contribution is 2.11. The molecule has 17 heavy (non-hydrogen) atoms. The van der Waals surface area contributed by atoms with Crippen molar-refractivity contribution in [2.24, 2.45) is 0 Å². The largest absolute Gasteiger partial charge is 0.319 e. The zero-order chi connectivity index (χ0) is 12.4. The summed E-state index contributed by atoms with van der Waals surface area (Å²) < 4.78 is 1.82. The van der Waals surface area contributed by atoms with Gasteiger partial charge in [-0.05, 0) is 32.9 Å². The Kier molecular flexibility index (Phi) is 2.99. The summed E-state index contributed by atoms with van der Waals surface area (Å²) in [7, 11) is 0. The Morgan fingerprint density at radius 1 is 1.35 bits per heavy atom. The summed E-state index contributed by atoms with van der Waals surface area (Å²) in [6, 6.07) is 3.74. The Morgan fingerprint density at radius 2 is 2.00 bits per heavy atom. The molecular formula is C12H16N4O. The van der Waals surface area contributed by atoms with Crippen LogP contribution in [0.1, 0.15) is 30.0 Å². The Labute approximate surface area is 99.5 Å². The fourth-order valence-electron chi connectivity index (χ4n) is 1.95. The number of aryl methyl sites for hydroxylation is 2. The van der Waals surface area contributed by atoms with E-state index >= 15 is 0 Å². The molecule has 2 aromatic rings. The first-order chi connectivity index (χ1) is 8.08. The van der Waals surface area contributed by atoms with Gasteiger partial charge >= 0.3 is 0 Å². The van der Waals surface area contributed by atoms with E-state index in [1.165, 1.54) is 0 Å². The van der Waals surface area contributed by atoms with Gasteiger partial charge in [0.2, 0.25) is 0 Å². The summed E-state index contributed by atoms with van der Waals surface area (Å²) in [6.07, 6.45) is 3.78. The fourth-order valence-corrected chi connectivity index (χ4v) is 1.95. The number of nitrogens with zero attached hydrogens (tertiary/aromatic N) is 2. The van der Waals surface area contributed by atoms with E-state index in [0.717, 1.165) is 5.69 Å². The predicted molar refractivity (Wildman–Crippen MR) is 66.5 cm³/mol. The van der Waals surface area contributed by atoms with Crippen molar-refractivity contribution in [1.82, 2.24) is 14.6 Å². The van der Waals surface area contributed by atoms with Crippen LogP contribution in [0.4, 0.5) is 0 Å². The zero-order valence-electron chi connectivity index (χ0n) is 10.2. The van der Waals surface area contributed by atoms with Gasteiger partial charge in [0.1, 0.15) is 5.82 Å². The number of rotatable bonds is 3. The molecule has 0 saturated heterocycles. The van der Waals surface area contributed by atoms with Gasteiger partial charge in [0.05, 0.1) is 17.3 Å². The first-order valence-corrected chi connectivity index (χ1v) is 5.55. The Balaban J connectivity index is 2.31. The molecule has 0 aliphatic rings. The van der Waals surface area contributed by atoms with Crippen molar-refractivity contribution in [1.29, 1.82) is 0 Å². The monoisotopic (exact) mass is 232 g/mol. The van der Waals surface area contributed by atoms with Gasteiger partial charge in [0, 0.05) is 12.4 Å². The van der Waals surface area contributed by atoms with Crippen molar-refractivity contribution in [2.45, 2.75) is 26.8 Å². The van der Waals surface area contributed by atoms with Crippen LogP contribution in [-0.2, 0) is 0 Å². The average Bonchev–Trinajstić information content (AvgIpc) is 2.68. The fraction of sp³-hybridized carbons (Fsp3) is 0.333. The second kappa shape index (κ2) is 4.45. The smallest absolute Gasteiger partial charge is 0.256 e. The minimum atomic E-state index is -0.0979. The Bertz CT molecular complexity index is 556. The molecule has 0 bridgehead atoms. The normalized spacial score (nSPS) is 12.4. The first-order valence-electron chi connectivity index (χ1n) is 5.55. The van der Waals surface area contributed by atoms with Crippen molar-refractivity contribution in [2.75, 3.05) is 5.43 Å². The molecule has 0 aromatic carbocycles. The number of nitrogens with one attached hydrogen (secondary N) is 2. The van der Waals surface area contributed by atoms with Crippen molar-refractivity contribution in [3.8, 4) is 0 Å². The SMILES string of the molecule is Cc1nc(C)c(C(C)Nn2cccc2)c(=O)[nH]1. The lowest BCUT2D eigenvalue weighted by Crippen LogP contribution is -2.26. The third kappa shape index (κ3) is 2.38. The lowest BCUT2D eigenvalue weighted by molar-refractivity contribution is 0.705. The van der Waals surface area contributed by atoms with Crippen LogP contribution in [0, 0.1) is 13.8 Å². The molecule has 2 rings (SSSR count). The third-order valence-corrected chi connectivity index (χ3v) is 2.64. The summed E-state index contributed by atoms with van der Waals surface area (Å²) in [6.45, 7) is 5.57. The van der Waals surface area contributed by atoms with E-state index in [-0.39, 0.29) is 11.6 Å². The van der Waals surface area contributed by atoms with Gasteiger partial charge in [-0.25, -0.2) is 4.98 Å². The summed E-state index contributed by atoms with van der Waals surface area (Å²) in [5.41, 5.74) is 4.55. The van der Waals surface area contributed by atoms with Gasteiger partial charge in [0.15, 0.2) is 0 Å². The maximum absolute atomic E-state index is 11.9. The van der Waals surface area contributed by atoms with E-state index in [1.807, 2.05) is 43.0 Å². The molecule has 2 heterocycles. The molecule has 0 aliphatic carbocycles. The van der Waals surface area contributed by atoms with Gasteiger partial charge in [-0.3, -0.25) is 9.47 Å². The van der Waals surface area contributed by atoms with Crippen molar-refractivity contribution in [3.63, 3.8) is 0 Å². The zero-order valence-corrected chi connectivity index (χ0v) is 10.2. The molecule has 1 atom stereocenters. The highest BCUT2D eigenvalue weighted by molar-refractivity contribution is 5.22. The van der Waals surface area contributed by atoms with Crippen molar-refractivity contribution >= 4 is 0 Å². The maximum Gasteiger partial charge on any atom is 0.256 e. The molecule has 1 unspecified atom stereocenters. The molecule has 90 valence electrons. The number of H-pyrrole nitrogens is 1. The highest BCUT2D eigenvalue weighted by Gasteiger charge is 2.14. The van der Waals surface area contributed by atoms with E-state index < -0.39 is 0 Å². The van der Waals surface area contributed by atoms with Gasteiger partial charge in [0.25, 0.3) is 5.56 Å². The molecule has 0 fully saturated rings. The first kappa shape index (κ1) is 11.4. The lowest BCUT2D eigenvalue weighted by Gasteiger charge is -2.17. The summed E-state index contributed by atoms with van der Waals surface area (Å²) >= 11 is 0. The van der Waals surface area contributed by atoms with Crippen LogP contribution in [0.3, 0.4) is 0 Å². The molecular weight excluding hydrogens is 216 g/mol. The Morgan fingerprint density at radius 3 is 2.59 bits per heavy atom. The van der Waals surface area contributed by atoms with Crippen LogP contribution in [0.5, 0.6) is 0 Å². The standard InChI is InChI=1S/C12H16N4O/c1-8-11(12(17)14-10(3)13-8)9(2)15-16-6-4-5-7-16/h4-7,9,15H,1-3H3,(H,13,14,17). The van der Waals surface area contributed by atoms with Crippen LogP contribution >= 0.6 is 0 Å². The molecule has 2 aromatic heterocycles. The molecule has 0 spiro atoms. The topological polar surface area (TPSA) is 62.7 Å². The molecule has 0 radical (unpaired) electrons. The molecule has 0 amide bonds. The van der Waals surface area contributed by atoms with Gasteiger partial charge in [-0.1, -0.05) is 0 Å². The molecule has 0 saturated carbocycles. The summed E-state index contributed by atoms with van der Waals surface area (Å²) in [5.74, 6) is 0.643. The minimum Gasteiger partial charge on any atom is -0.319 e. The van der Waals surface area contributed by atoms with Crippen molar-refractivity contribution in [3.05, 3.63) is 52.0 Å². The average molecular weight is 232 g/mol. The van der Waals surface area contributed by atoms with Gasteiger partial charge in [-0.15, -0.1) is 0 Å². The van der Waals surface area contributed by atoms with E-state index in [2.05, 4.69) is 15.4 Å². The summed E-state index contributed by atoms with van der Waals surface area (Å²) in [5, 5.41) is 0. The predicted octanol–water partition coefficient (Wildman–Crippen LogP) is 1.49. The van der Waals surface area contributed by atoms with Gasteiger partial charge < -0.3 is 10.4 Å². The number of hydrogen-bond donors (Lipinski definition) is 2. The molecule has 5 heteroatoms. The third-order valence-electron chi connectivity index (χ3n) is 2.64. The van der Waals surface area contributed by atoms with Crippen LogP contribution in [0.15, 0.2) is 29.3 Å². The van der Waals surface area contributed by atoms with E-state index in [0.29, 0.717) is 11.4 Å². The van der Waals surface area contributed by atoms with Crippen LogP contribution in [0.25, 0.3) is 0 Å². The van der Waals surface area contributed by atoms with Crippen LogP contribution in [-0.4, -0.2) is 14.6 Å². The van der Waals surface area contributed by atoms with Crippen LogP contribution < -0.4 is 11.0 Å². The van der Waals surface area contributed by atoms with E-state index in [9.17, 15) is 4.79 Å². The Hall–Kier alpha value is -2.04. The number of aromatic amines is 1. The van der Waals surface area contributed by atoms with E-state index in [4.69, 9.17) is 0 Å². The molecule has 2 N–H and O–H groups in total. The highest BCUT2D eigenvalue weighted by atomic mass is 16.1. The van der Waals surface area contributed by atoms with Crippen LogP contribution in [0.2, 0.25) is 0 Å². The number of hydrogen-bond acceptors (Lipinski definition) is 3. The quantitative estimate of drug-likeness (QED) is 0.842. The second-order valence-corrected chi connectivity index (χ2v) is 4.09. The van der Waals surface area contributed by atoms with Crippen molar-refractivity contribution < 1.29 is 0 Å².